The molecule has 0 saturated carbocycles. The molecule has 18 heavy (non-hydrogen) atoms. The summed E-state index contributed by atoms with van der Waals surface area (Å²) >= 11 is 0. The van der Waals surface area contributed by atoms with Crippen LogP contribution in [0, 0.1) is 0 Å². The summed E-state index contributed by atoms with van der Waals surface area (Å²) in [6.45, 7) is 4.18. The number of benzene rings is 1. The molecule has 2 fully saturated rings. The Labute approximate surface area is 107 Å². The smallest absolute Gasteiger partial charge is 0.254 e. The first kappa shape index (κ1) is 11.5. The summed E-state index contributed by atoms with van der Waals surface area (Å²) in [5.74, 6) is 0.171. The lowest BCUT2D eigenvalue weighted by Gasteiger charge is -2.23. The molecule has 1 aromatic carbocycles. The summed E-state index contributed by atoms with van der Waals surface area (Å²) in [5, 5.41) is 0. The maximum atomic E-state index is 11.9. The molecule has 1 aromatic rings. The van der Waals surface area contributed by atoms with Crippen LogP contribution in [0.1, 0.15) is 6.42 Å². The highest BCUT2D eigenvalue weighted by Crippen LogP contribution is 2.18. The highest BCUT2D eigenvalue weighted by Gasteiger charge is 2.35. The Kier molecular flexibility index (Phi) is 3.19. The van der Waals surface area contributed by atoms with Crippen LogP contribution in [0.4, 0.5) is 5.69 Å². The molecule has 0 aromatic heterocycles. The summed E-state index contributed by atoms with van der Waals surface area (Å²) in [7, 11) is 0. The third-order valence-corrected chi connectivity index (χ3v) is 3.54. The number of para-hydroxylation sites is 1. The minimum Gasteiger partial charge on any atom is -0.370 e. The van der Waals surface area contributed by atoms with Crippen LogP contribution in [0.25, 0.3) is 0 Å². The standard InChI is InChI=1S/C14H18N2O2/c17-14(13-11-18-13)16-8-4-7-15(9-10-16)12-5-2-1-3-6-12/h1-3,5-6,13H,4,7-11H2. The number of ether oxygens (including phenoxy) is 1. The Morgan fingerprint density at radius 2 is 1.89 bits per heavy atom. The topological polar surface area (TPSA) is 36.1 Å². The molecule has 1 atom stereocenters. The van der Waals surface area contributed by atoms with E-state index in [4.69, 9.17) is 4.74 Å². The van der Waals surface area contributed by atoms with Crippen molar-refractivity contribution in [2.75, 3.05) is 37.7 Å². The summed E-state index contributed by atoms with van der Waals surface area (Å²) in [6.07, 6.45) is 0.876. The van der Waals surface area contributed by atoms with Gasteiger partial charge in [0.15, 0.2) is 6.10 Å². The fraction of sp³-hybridized carbons (Fsp3) is 0.500. The van der Waals surface area contributed by atoms with E-state index < -0.39 is 0 Å². The van der Waals surface area contributed by atoms with Crippen LogP contribution in [0.5, 0.6) is 0 Å². The molecule has 2 heterocycles. The first-order valence-electron chi connectivity index (χ1n) is 6.55. The summed E-state index contributed by atoms with van der Waals surface area (Å²) in [4.78, 5) is 16.2. The molecule has 96 valence electrons. The largest absolute Gasteiger partial charge is 0.370 e. The molecule has 0 spiro atoms. The lowest BCUT2D eigenvalue weighted by atomic mass is 10.3. The number of epoxide rings is 1. The van der Waals surface area contributed by atoms with Gasteiger partial charge in [0, 0.05) is 31.9 Å². The minimum atomic E-state index is -0.145. The van der Waals surface area contributed by atoms with Gasteiger partial charge in [-0.1, -0.05) is 18.2 Å². The maximum Gasteiger partial charge on any atom is 0.254 e. The Hall–Kier alpha value is -1.55. The van der Waals surface area contributed by atoms with Crippen LogP contribution in [0.15, 0.2) is 30.3 Å². The molecule has 3 rings (SSSR count). The summed E-state index contributed by atoms with van der Waals surface area (Å²) in [5.41, 5.74) is 1.24. The van der Waals surface area contributed by atoms with Crippen molar-refractivity contribution in [1.82, 2.24) is 4.90 Å². The first-order valence-corrected chi connectivity index (χ1v) is 6.55. The van der Waals surface area contributed by atoms with Crippen LogP contribution < -0.4 is 4.90 Å². The predicted octanol–water partition coefficient (Wildman–Crippen LogP) is 1.12. The van der Waals surface area contributed by atoms with Crippen LogP contribution in [0.2, 0.25) is 0 Å². The van der Waals surface area contributed by atoms with Gasteiger partial charge in [0.2, 0.25) is 0 Å². The SMILES string of the molecule is O=C(C1CO1)N1CCCN(c2ccccc2)CC1. The molecule has 2 aliphatic rings. The van der Waals surface area contributed by atoms with E-state index in [9.17, 15) is 4.79 Å². The average molecular weight is 246 g/mol. The van der Waals surface area contributed by atoms with Crippen LogP contribution >= 0.6 is 0 Å². The van der Waals surface area contributed by atoms with Crippen molar-refractivity contribution in [3.8, 4) is 0 Å². The lowest BCUT2D eigenvalue weighted by Crippen LogP contribution is -2.37. The number of hydrogen-bond acceptors (Lipinski definition) is 3. The van der Waals surface area contributed by atoms with Crippen LogP contribution in [-0.4, -0.2) is 49.7 Å². The zero-order valence-electron chi connectivity index (χ0n) is 10.4. The van der Waals surface area contributed by atoms with Gasteiger partial charge >= 0.3 is 0 Å². The number of rotatable bonds is 2. The van der Waals surface area contributed by atoms with Crippen molar-refractivity contribution >= 4 is 11.6 Å². The van der Waals surface area contributed by atoms with E-state index in [1.54, 1.807) is 0 Å². The molecule has 0 bridgehead atoms. The Balaban J connectivity index is 1.63. The molecule has 0 aliphatic carbocycles. The third-order valence-electron chi connectivity index (χ3n) is 3.54. The van der Waals surface area contributed by atoms with E-state index in [1.165, 1.54) is 5.69 Å². The molecule has 2 aliphatic heterocycles. The van der Waals surface area contributed by atoms with Gasteiger partial charge in [-0.3, -0.25) is 4.79 Å². The second kappa shape index (κ2) is 4.98. The lowest BCUT2D eigenvalue weighted by molar-refractivity contribution is -0.132. The molecule has 2 saturated heterocycles. The Morgan fingerprint density at radius 3 is 2.61 bits per heavy atom. The highest BCUT2D eigenvalue weighted by atomic mass is 16.6. The summed E-state index contributed by atoms with van der Waals surface area (Å²) in [6, 6.07) is 10.4. The second-order valence-corrected chi connectivity index (χ2v) is 4.82. The van der Waals surface area contributed by atoms with E-state index in [2.05, 4.69) is 29.2 Å². The molecule has 4 heteroatoms. The molecule has 1 amide bonds. The predicted molar refractivity (Wildman–Crippen MR) is 69.6 cm³/mol. The monoisotopic (exact) mass is 246 g/mol. The number of anilines is 1. The molecular weight excluding hydrogens is 228 g/mol. The van der Waals surface area contributed by atoms with Gasteiger partial charge in [-0.2, -0.15) is 0 Å². The Bertz CT molecular complexity index is 417. The van der Waals surface area contributed by atoms with Crippen molar-refractivity contribution < 1.29 is 9.53 Å². The fourth-order valence-electron chi connectivity index (χ4n) is 2.43. The number of nitrogens with zero attached hydrogens (tertiary/aromatic N) is 2. The third kappa shape index (κ3) is 2.48. The van der Waals surface area contributed by atoms with Gasteiger partial charge in [-0.15, -0.1) is 0 Å². The number of carbonyl (C=O) groups excluding carboxylic acids is 1. The second-order valence-electron chi connectivity index (χ2n) is 4.82. The zero-order valence-corrected chi connectivity index (χ0v) is 10.4. The van der Waals surface area contributed by atoms with Gasteiger partial charge < -0.3 is 14.5 Å². The molecule has 0 radical (unpaired) electrons. The van der Waals surface area contributed by atoms with E-state index in [1.807, 2.05) is 11.0 Å². The normalized spacial score (nSPS) is 23.7. The molecular formula is C14H18N2O2. The minimum absolute atomic E-state index is 0.145. The summed E-state index contributed by atoms with van der Waals surface area (Å²) < 4.78 is 5.07. The van der Waals surface area contributed by atoms with Gasteiger partial charge in [-0.05, 0) is 18.6 Å². The van der Waals surface area contributed by atoms with Crippen molar-refractivity contribution in [2.24, 2.45) is 0 Å². The van der Waals surface area contributed by atoms with Crippen molar-refractivity contribution in [1.29, 1.82) is 0 Å². The zero-order chi connectivity index (χ0) is 12.4. The highest BCUT2D eigenvalue weighted by molar-refractivity contribution is 5.83. The van der Waals surface area contributed by atoms with Crippen LogP contribution in [-0.2, 0) is 9.53 Å². The van der Waals surface area contributed by atoms with E-state index >= 15 is 0 Å². The Morgan fingerprint density at radius 1 is 1.11 bits per heavy atom. The van der Waals surface area contributed by atoms with Gasteiger partial charge in [0.25, 0.3) is 5.91 Å². The number of amides is 1. The fourth-order valence-corrected chi connectivity index (χ4v) is 2.43. The maximum absolute atomic E-state index is 11.9. The molecule has 1 unspecified atom stereocenters. The van der Waals surface area contributed by atoms with Crippen LogP contribution in [0.3, 0.4) is 0 Å². The van der Waals surface area contributed by atoms with E-state index in [0.717, 1.165) is 32.6 Å². The van der Waals surface area contributed by atoms with Crippen molar-refractivity contribution in [2.45, 2.75) is 12.5 Å². The van der Waals surface area contributed by atoms with Gasteiger partial charge in [0.05, 0.1) is 6.61 Å². The number of carbonyl (C=O) groups is 1. The first-order chi connectivity index (χ1) is 8.84. The number of hydrogen-bond donors (Lipinski definition) is 0. The molecule has 0 N–H and O–H groups in total. The quantitative estimate of drug-likeness (QED) is 0.734. The average Bonchev–Trinajstić information content (AvgIpc) is 3.25. The van der Waals surface area contributed by atoms with Gasteiger partial charge in [-0.25, -0.2) is 0 Å². The van der Waals surface area contributed by atoms with E-state index in [-0.39, 0.29) is 12.0 Å². The van der Waals surface area contributed by atoms with E-state index in [0.29, 0.717) is 6.61 Å². The van der Waals surface area contributed by atoms with Crippen molar-refractivity contribution in [3.05, 3.63) is 30.3 Å². The van der Waals surface area contributed by atoms with Gasteiger partial charge in [0.1, 0.15) is 0 Å². The van der Waals surface area contributed by atoms with Crippen molar-refractivity contribution in [3.63, 3.8) is 0 Å². The molecule has 4 nitrogen and oxygen atoms in total.